The first kappa shape index (κ1) is 19.3. The van der Waals surface area contributed by atoms with E-state index in [0.29, 0.717) is 21.9 Å². The molecular weight excluding hydrogens is 411 g/mol. The fourth-order valence-electron chi connectivity index (χ4n) is 3.56. The molecule has 0 amide bonds. The molecule has 5 aromatic rings. The van der Waals surface area contributed by atoms with Crippen molar-refractivity contribution in [3.63, 3.8) is 0 Å². The van der Waals surface area contributed by atoms with Gasteiger partial charge in [0.1, 0.15) is 5.82 Å². The van der Waals surface area contributed by atoms with Crippen LogP contribution in [0.2, 0.25) is 5.02 Å². The lowest BCUT2D eigenvalue weighted by molar-refractivity contribution is 0.631. The first-order valence-corrected chi connectivity index (χ1v) is 10.1. The van der Waals surface area contributed by atoms with E-state index in [2.05, 4.69) is 19.9 Å². The highest BCUT2D eigenvalue weighted by molar-refractivity contribution is 6.30. The lowest BCUT2D eigenvalue weighted by Gasteiger charge is -2.11. The highest BCUT2D eigenvalue weighted by atomic mass is 35.5. The van der Waals surface area contributed by atoms with E-state index >= 15 is 0 Å². The molecule has 0 saturated heterocycles. The van der Waals surface area contributed by atoms with Crippen molar-refractivity contribution in [3.8, 4) is 33.6 Å². The Hall–Kier alpha value is -3.70. The van der Waals surface area contributed by atoms with E-state index in [1.54, 1.807) is 24.7 Å². The largest absolute Gasteiger partial charge is 0.263 e. The fourth-order valence-corrected chi connectivity index (χ4v) is 3.73. The molecule has 4 nitrogen and oxygen atoms in total. The second-order valence-electron chi connectivity index (χ2n) is 7.18. The van der Waals surface area contributed by atoms with Crippen molar-refractivity contribution >= 4 is 22.6 Å². The Kier molecular flexibility index (Phi) is 4.88. The first-order chi connectivity index (χ1) is 15.1. The van der Waals surface area contributed by atoms with Gasteiger partial charge in [0.15, 0.2) is 5.65 Å². The number of hydrogen-bond donors (Lipinski definition) is 0. The van der Waals surface area contributed by atoms with Crippen LogP contribution in [0.3, 0.4) is 0 Å². The summed E-state index contributed by atoms with van der Waals surface area (Å²) < 4.78 is 14.6. The highest BCUT2D eigenvalue weighted by Crippen LogP contribution is 2.34. The first-order valence-electron chi connectivity index (χ1n) is 9.69. The number of pyridine rings is 4. The van der Waals surface area contributed by atoms with Crippen LogP contribution in [-0.4, -0.2) is 19.9 Å². The Morgan fingerprint density at radius 3 is 2.55 bits per heavy atom. The van der Waals surface area contributed by atoms with Gasteiger partial charge < -0.3 is 0 Å². The number of aromatic nitrogens is 4. The van der Waals surface area contributed by atoms with Crippen molar-refractivity contribution in [1.82, 2.24) is 19.9 Å². The zero-order chi connectivity index (χ0) is 21.4. The number of nitrogens with zero attached hydrogens (tertiary/aromatic N) is 4. The van der Waals surface area contributed by atoms with Gasteiger partial charge in [-0.15, -0.1) is 0 Å². The maximum absolute atomic E-state index is 14.6. The molecule has 0 fully saturated rings. The number of rotatable bonds is 3. The summed E-state index contributed by atoms with van der Waals surface area (Å²) in [5.41, 5.74) is 5.69. The van der Waals surface area contributed by atoms with E-state index in [0.717, 1.165) is 33.5 Å². The molecule has 4 heterocycles. The molecule has 0 aliphatic carbocycles. The normalized spacial score (nSPS) is 11.1. The minimum absolute atomic E-state index is 0.325. The van der Waals surface area contributed by atoms with Crippen LogP contribution in [-0.2, 0) is 0 Å². The monoisotopic (exact) mass is 426 g/mol. The number of benzene rings is 1. The molecule has 0 aliphatic rings. The second kappa shape index (κ2) is 7.85. The van der Waals surface area contributed by atoms with Gasteiger partial charge >= 0.3 is 0 Å². The molecule has 0 saturated carbocycles. The molecule has 0 aliphatic heterocycles. The van der Waals surface area contributed by atoms with E-state index in [4.69, 9.17) is 11.6 Å². The molecule has 150 valence electrons. The van der Waals surface area contributed by atoms with Crippen molar-refractivity contribution < 1.29 is 4.39 Å². The molecular formula is C25H16ClFN4. The van der Waals surface area contributed by atoms with Gasteiger partial charge in [-0.3, -0.25) is 9.97 Å². The maximum atomic E-state index is 14.6. The van der Waals surface area contributed by atoms with Crippen LogP contribution in [0.5, 0.6) is 0 Å². The maximum Gasteiger partial charge on any atom is 0.160 e. The van der Waals surface area contributed by atoms with Crippen molar-refractivity contribution in [2.45, 2.75) is 6.92 Å². The standard InChI is InChI=1S/C25H16ClFN4/c1-15-4-2-6-23(30-15)17-10-16(13-28-14-17)20-12-24(21-11-18(26)7-8-22(21)27)31-25-19(20)5-3-9-29-25/h2-14H,1H3. The zero-order valence-corrected chi connectivity index (χ0v) is 17.3. The lowest BCUT2D eigenvalue weighted by atomic mass is 9.99. The van der Waals surface area contributed by atoms with Crippen LogP contribution in [0, 0.1) is 12.7 Å². The van der Waals surface area contributed by atoms with Crippen LogP contribution < -0.4 is 0 Å². The molecule has 0 N–H and O–H groups in total. The average molecular weight is 427 g/mol. The summed E-state index contributed by atoms with van der Waals surface area (Å²) in [6.45, 7) is 1.95. The van der Waals surface area contributed by atoms with Gasteiger partial charge in [0, 0.05) is 51.4 Å². The molecule has 31 heavy (non-hydrogen) atoms. The Morgan fingerprint density at radius 2 is 1.68 bits per heavy atom. The molecule has 0 radical (unpaired) electrons. The van der Waals surface area contributed by atoms with Crippen LogP contribution in [0.1, 0.15) is 5.69 Å². The smallest absolute Gasteiger partial charge is 0.160 e. The molecule has 0 bridgehead atoms. The summed E-state index contributed by atoms with van der Waals surface area (Å²) in [6, 6.07) is 18.0. The van der Waals surface area contributed by atoms with Crippen LogP contribution in [0.4, 0.5) is 4.39 Å². The topological polar surface area (TPSA) is 51.6 Å². The van der Waals surface area contributed by atoms with Crippen LogP contribution >= 0.6 is 11.6 Å². The van der Waals surface area contributed by atoms with Crippen molar-refractivity contribution in [2.75, 3.05) is 0 Å². The number of hydrogen-bond acceptors (Lipinski definition) is 4. The third kappa shape index (κ3) is 3.76. The van der Waals surface area contributed by atoms with Crippen molar-refractivity contribution in [2.24, 2.45) is 0 Å². The number of aryl methyl sites for hydroxylation is 1. The Balaban J connectivity index is 1.73. The number of halogens is 2. The van der Waals surface area contributed by atoms with Gasteiger partial charge in [0.25, 0.3) is 0 Å². The summed E-state index contributed by atoms with van der Waals surface area (Å²) in [5, 5.41) is 1.29. The predicted molar refractivity (Wildman–Crippen MR) is 121 cm³/mol. The van der Waals surface area contributed by atoms with Gasteiger partial charge in [-0.25, -0.2) is 14.4 Å². The third-order valence-electron chi connectivity index (χ3n) is 5.02. The molecule has 1 aromatic carbocycles. The predicted octanol–water partition coefficient (Wildman–Crippen LogP) is 6.52. The quantitative estimate of drug-likeness (QED) is 0.329. The summed E-state index contributed by atoms with van der Waals surface area (Å²) in [6.07, 6.45) is 5.23. The van der Waals surface area contributed by atoms with Gasteiger partial charge in [-0.2, -0.15) is 0 Å². The van der Waals surface area contributed by atoms with E-state index in [9.17, 15) is 4.39 Å². The summed E-state index contributed by atoms with van der Waals surface area (Å²) >= 11 is 6.12. The van der Waals surface area contributed by atoms with Gasteiger partial charge in [-0.05, 0) is 67.1 Å². The zero-order valence-electron chi connectivity index (χ0n) is 16.6. The Bertz CT molecular complexity index is 1430. The Morgan fingerprint density at radius 1 is 0.806 bits per heavy atom. The van der Waals surface area contributed by atoms with Gasteiger partial charge in [-0.1, -0.05) is 17.7 Å². The van der Waals surface area contributed by atoms with Crippen LogP contribution in [0.15, 0.2) is 79.3 Å². The highest BCUT2D eigenvalue weighted by Gasteiger charge is 2.14. The van der Waals surface area contributed by atoms with E-state index in [-0.39, 0.29) is 0 Å². The number of fused-ring (bicyclic) bond motifs is 1. The van der Waals surface area contributed by atoms with Crippen LogP contribution in [0.25, 0.3) is 44.7 Å². The molecule has 0 atom stereocenters. The molecule has 0 unspecified atom stereocenters. The molecule has 0 spiro atoms. The molecule has 6 heteroatoms. The van der Waals surface area contributed by atoms with E-state index in [1.165, 1.54) is 12.1 Å². The van der Waals surface area contributed by atoms with Gasteiger partial charge in [0.05, 0.1) is 11.4 Å². The summed E-state index contributed by atoms with van der Waals surface area (Å²) in [4.78, 5) is 18.0. The van der Waals surface area contributed by atoms with Crippen molar-refractivity contribution in [1.29, 1.82) is 0 Å². The SMILES string of the molecule is Cc1cccc(-c2cncc(-c3cc(-c4cc(Cl)ccc4F)nc4ncccc34)c2)n1. The minimum Gasteiger partial charge on any atom is -0.263 e. The van der Waals surface area contributed by atoms with E-state index in [1.807, 2.05) is 49.4 Å². The Labute approximate surface area is 183 Å². The minimum atomic E-state index is -0.394. The second-order valence-corrected chi connectivity index (χ2v) is 7.62. The average Bonchev–Trinajstić information content (AvgIpc) is 2.80. The summed E-state index contributed by atoms with van der Waals surface area (Å²) in [5.74, 6) is -0.394. The van der Waals surface area contributed by atoms with Gasteiger partial charge in [0.2, 0.25) is 0 Å². The van der Waals surface area contributed by atoms with E-state index < -0.39 is 5.82 Å². The summed E-state index contributed by atoms with van der Waals surface area (Å²) in [7, 11) is 0. The molecule has 4 aromatic heterocycles. The fraction of sp³-hybridized carbons (Fsp3) is 0.0400. The lowest BCUT2D eigenvalue weighted by Crippen LogP contribution is -1.95. The third-order valence-corrected chi connectivity index (χ3v) is 5.26. The molecule has 5 rings (SSSR count). The van der Waals surface area contributed by atoms with Crippen molar-refractivity contribution in [3.05, 3.63) is 95.8 Å².